The number of para-hydroxylation sites is 1. The molecule has 0 radical (unpaired) electrons. The number of methoxy groups -OCH3 is 1. The van der Waals surface area contributed by atoms with E-state index in [2.05, 4.69) is 5.10 Å². The second kappa shape index (κ2) is 9.30. The van der Waals surface area contributed by atoms with E-state index in [9.17, 15) is 14.9 Å². The van der Waals surface area contributed by atoms with Gasteiger partial charge in [0.15, 0.2) is 0 Å². The maximum atomic E-state index is 12.6. The number of pyridine rings is 1. The molecule has 0 fully saturated rings. The van der Waals surface area contributed by atoms with Gasteiger partial charge in [0.05, 0.1) is 25.1 Å². The van der Waals surface area contributed by atoms with Crippen LogP contribution in [0.5, 0.6) is 5.88 Å². The number of aromatic nitrogens is 3. The molecular formula is C23H24N4O4. The van der Waals surface area contributed by atoms with E-state index in [0.717, 1.165) is 11.4 Å². The molecule has 0 atom stereocenters. The molecule has 1 aromatic carbocycles. The first-order chi connectivity index (χ1) is 14.9. The van der Waals surface area contributed by atoms with Crippen molar-refractivity contribution < 1.29 is 14.3 Å². The molecular weight excluding hydrogens is 396 g/mol. The quantitative estimate of drug-likeness (QED) is 0.430. The first-order valence-corrected chi connectivity index (χ1v) is 9.86. The van der Waals surface area contributed by atoms with Gasteiger partial charge in [-0.05, 0) is 51.0 Å². The van der Waals surface area contributed by atoms with Gasteiger partial charge < -0.3 is 14.0 Å². The average molecular weight is 420 g/mol. The van der Waals surface area contributed by atoms with Crippen molar-refractivity contribution in [2.45, 2.75) is 33.7 Å². The maximum absolute atomic E-state index is 12.6. The van der Waals surface area contributed by atoms with Crippen molar-refractivity contribution in [3.63, 3.8) is 0 Å². The Bertz CT molecular complexity index is 1200. The van der Waals surface area contributed by atoms with Gasteiger partial charge in [0.25, 0.3) is 5.56 Å². The Labute approximate surface area is 180 Å². The fraction of sp³-hybridized carbons (Fsp3) is 0.304. The molecule has 31 heavy (non-hydrogen) atoms. The third kappa shape index (κ3) is 4.36. The Hall–Kier alpha value is -3.86. The summed E-state index contributed by atoms with van der Waals surface area (Å²) in [6.45, 7) is 5.92. The molecule has 0 aliphatic rings. The smallest absolute Gasteiger partial charge is 0.345 e. The zero-order valence-electron chi connectivity index (χ0n) is 18.0. The summed E-state index contributed by atoms with van der Waals surface area (Å²) in [5.41, 5.74) is 2.80. The Morgan fingerprint density at radius 2 is 1.90 bits per heavy atom. The predicted molar refractivity (Wildman–Crippen MR) is 115 cm³/mol. The highest BCUT2D eigenvalue weighted by Gasteiger charge is 2.24. The number of carbonyl (C=O) groups excluding carboxylic acids is 1. The Kier molecular flexibility index (Phi) is 6.55. The van der Waals surface area contributed by atoms with Crippen LogP contribution in [-0.2, 0) is 11.3 Å². The fourth-order valence-corrected chi connectivity index (χ4v) is 3.45. The minimum absolute atomic E-state index is 0.150. The molecule has 0 aliphatic carbocycles. The largest absolute Gasteiger partial charge is 0.477 e. The molecule has 0 N–H and O–H groups in total. The van der Waals surface area contributed by atoms with E-state index in [1.807, 2.05) is 49.4 Å². The van der Waals surface area contributed by atoms with Crippen molar-refractivity contribution in [3.05, 3.63) is 74.8 Å². The van der Waals surface area contributed by atoms with E-state index in [1.165, 1.54) is 7.11 Å². The number of rotatable bonds is 7. The van der Waals surface area contributed by atoms with E-state index in [-0.39, 0.29) is 23.3 Å². The van der Waals surface area contributed by atoms with Gasteiger partial charge in [-0.15, -0.1) is 0 Å². The summed E-state index contributed by atoms with van der Waals surface area (Å²) >= 11 is 0. The minimum Gasteiger partial charge on any atom is -0.477 e. The van der Waals surface area contributed by atoms with Crippen LogP contribution in [0.15, 0.2) is 41.2 Å². The van der Waals surface area contributed by atoms with Crippen LogP contribution in [0.3, 0.4) is 0 Å². The van der Waals surface area contributed by atoms with E-state index >= 15 is 0 Å². The maximum Gasteiger partial charge on any atom is 0.345 e. The lowest BCUT2D eigenvalue weighted by Gasteiger charge is -2.13. The lowest BCUT2D eigenvalue weighted by Crippen LogP contribution is -2.26. The van der Waals surface area contributed by atoms with E-state index < -0.39 is 5.97 Å². The fourth-order valence-electron chi connectivity index (χ4n) is 3.45. The number of ether oxygens (including phenoxy) is 2. The zero-order valence-corrected chi connectivity index (χ0v) is 18.0. The third-order valence-corrected chi connectivity index (χ3v) is 4.99. The molecule has 0 amide bonds. The van der Waals surface area contributed by atoms with Crippen LogP contribution in [0.2, 0.25) is 0 Å². The van der Waals surface area contributed by atoms with Crippen LogP contribution in [0.1, 0.15) is 39.3 Å². The van der Waals surface area contributed by atoms with Crippen LogP contribution >= 0.6 is 0 Å². The van der Waals surface area contributed by atoms with Gasteiger partial charge in [0.2, 0.25) is 5.88 Å². The summed E-state index contributed by atoms with van der Waals surface area (Å²) in [7, 11) is 1.31. The molecule has 0 unspecified atom stereocenters. The van der Waals surface area contributed by atoms with Crippen LogP contribution in [-0.4, -0.2) is 34.0 Å². The molecule has 8 heteroatoms. The first kappa shape index (κ1) is 21.8. The molecule has 3 rings (SSSR count). The van der Waals surface area contributed by atoms with E-state index in [4.69, 9.17) is 9.47 Å². The normalized spacial score (nSPS) is 10.5. The number of carbonyl (C=O) groups is 1. The number of esters is 1. The topological polar surface area (TPSA) is 99.1 Å². The molecule has 8 nitrogen and oxygen atoms in total. The van der Waals surface area contributed by atoms with Gasteiger partial charge in [0.1, 0.15) is 17.2 Å². The Balaban J connectivity index is 1.84. The number of benzene rings is 1. The van der Waals surface area contributed by atoms with Crippen molar-refractivity contribution in [1.82, 2.24) is 14.3 Å². The lowest BCUT2D eigenvalue weighted by molar-refractivity contribution is 0.0594. The summed E-state index contributed by atoms with van der Waals surface area (Å²) in [4.78, 5) is 24.9. The van der Waals surface area contributed by atoms with Crippen molar-refractivity contribution in [2.75, 3.05) is 13.7 Å². The molecule has 0 saturated heterocycles. The molecule has 0 bridgehead atoms. The summed E-state index contributed by atoms with van der Waals surface area (Å²) < 4.78 is 14.0. The van der Waals surface area contributed by atoms with Gasteiger partial charge >= 0.3 is 5.97 Å². The van der Waals surface area contributed by atoms with Crippen molar-refractivity contribution in [3.8, 4) is 17.6 Å². The summed E-state index contributed by atoms with van der Waals surface area (Å²) in [6.07, 6.45) is 0.494. The van der Waals surface area contributed by atoms with Gasteiger partial charge in [0, 0.05) is 12.2 Å². The first-order valence-electron chi connectivity index (χ1n) is 9.86. The molecule has 0 saturated carbocycles. The van der Waals surface area contributed by atoms with Gasteiger partial charge in [-0.1, -0.05) is 18.2 Å². The molecule has 0 aliphatic heterocycles. The second-order valence-electron chi connectivity index (χ2n) is 7.12. The number of nitrogens with zero attached hydrogens (tertiary/aromatic N) is 4. The average Bonchev–Trinajstić information content (AvgIpc) is 3.09. The standard InChI is InChI=1S/C23H24N4O4/c1-15-13-16(2)26(21(28)19(15)14-24)11-8-12-31-22-20(23(29)30-4)17(3)25-27(22)18-9-6-5-7-10-18/h5-7,9-10,13H,8,11-12H2,1-4H3. The van der Waals surface area contributed by atoms with Gasteiger partial charge in [-0.3, -0.25) is 4.79 Å². The van der Waals surface area contributed by atoms with Crippen molar-refractivity contribution in [2.24, 2.45) is 0 Å². The number of nitriles is 1. The monoisotopic (exact) mass is 420 g/mol. The van der Waals surface area contributed by atoms with Crippen LogP contribution < -0.4 is 10.3 Å². The van der Waals surface area contributed by atoms with Crippen molar-refractivity contribution in [1.29, 1.82) is 5.26 Å². The van der Waals surface area contributed by atoms with Crippen LogP contribution in [0.4, 0.5) is 0 Å². The van der Waals surface area contributed by atoms with E-state index in [0.29, 0.717) is 30.1 Å². The molecule has 2 heterocycles. The number of hydrogen-bond acceptors (Lipinski definition) is 6. The summed E-state index contributed by atoms with van der Waals surface area (Å²) in [5, 5.41) is 13.7. The molecule has 0 spiro atoms. The Morgan fingerprint density at radius 3 is 2.55 bits per heavy atom. The highest BCUT2D eigenvalue weighted by Crippen LogP contribution is 2.27. The molecule has 3 aromatic rings. The molecule has 2 aromatic heterocycles. The summed E-state index contributed by atoms with van der Waals surface area (Å²) in [6, 6.07) is 13.1. The van der Waals surface area contributed by atoms with Gasteiger partial charge in [-0.2, -0.15) is 10.4 Å². The third-order valence-electron chi connectivity index (χ3n) is 4.99. The molecule has 160 valence electrons. The van der Waals surface area contributed by atoms with Crippen LogP contribution in [0, 0.1) is 32.1 Å². The second-order valence-corrected chi connectivity index (χ2v) is 7.12. The van der Waals surface area contributed by atoms with Gasteiger partial charge in [-0.25, -0.2) is 9.48 Å². The van der Waals surface area contributed by atoms with E-state index in [1.54, 1.807) is 23.1 Å². The van der Waals surface area contributed by atoms with Crippen molar-refractivity contribution >= 4 is 5.97 Å². The number of aryl methyl sites for hydroxylation is 3. The van der Waals surface area contributed by atoms with Crippen LogP contribution in [0.25, 0.3) is 5.69 Å². The highest BCUT2D eigenvalue weighted by atomic mass is 16.5. The summed E-state index contributed by atoms with van der Waals surface area (Å²) in [5.74, 6) is -0.236. The minimum atomic E-state index is -0.529. The number of hydrogen-bond donors (Lipinski definition) is 0. The SMILES string of the molecule is COC(=O)c1c(C)nn(-c2ccccc2)c1OCCCn1c(C)cc(C)c(C#N)c1=O. The zero-order chi connectivity index (χ0) is 22.5. The highest BCUT2D eigenvalue weighted by molar-refractivity contribution is 5.93. The predicted octanol–water partition coefficient (Wildman–Crippen LogP) is 3.09. The lowest BCUT2D eigenvalue weighted by atomic mass is 10.1. The Morgan fingerprint density at radius 1 is 1.19 bits per heavy atom.